The first-order valence-electron chi connectivity index (χ1n) is 13.1. The molecule has 2 aromatic carbocycles. The lowest BCUT2D eigenvalue weighted by atomic mass is 9.78. The summed E-state index contributed by atoms with van der Waals surface area (Å²) < 4.78 is 1.95. The predicted molar refractivity (Wildman–Crippen MR) is 158 cm³/mol. The number of piperazine rings is 1. The van der Waals surface area contributed by atoms with Gasteiger partial charge < -0.3 is 4.90 Å². The Kier molecular flexibility index (Phi) is 9.42. The van der Waals surface area contributed by atoms with E-state index < -0.39 is 0 Å². The summed E-state index contributed by atoms with van der Waals surface area (Å²) in [5, 5.41) is 6.96. The van der Waals surface area contributed by atoms with E-state index in [4.69, 9.17) is 39.9 Å². The van der Waals surface area contributed by atoms with E-state index in [2.05, 4.69) is 43.2 Å². The van der Waals surface area contributed by atoms with Gasteiger partial charge in [0, 0.05) is 54.9 Å². The molecule has 0 atom stereocenters. The molecule has 0 bridgehead atoms. The minimum atomic E-state index is 0.338. The first-order chi connectivity index (χ1) is 17.8. The zero-order chi connectivity index (χ0) is 26.6. The van der Waals surface area contributed by atoms with Crippen molar-refractivity contribution >= 4 is 34.8 Å². The second kappa shape index (κ2) is 12.4. The Morgan fingerprint density at radius 1 is 0.919 bits per heavy atom. The number of halogens is 3. The number of nitrogens with zero attached hydrogens (tertiary/aromatic N) is 4. The standard InChI is InChI=1S/C30H37Cl3N4/c1-5-14-30(6-2,7-3)21-36-17-15-35(16-18-36)20-27-22(4)29(23-8-10-24(31)11-9-23)37(34-27)28-13-12-25(32)19-26(28)33/h5,8-13,19H,1,6-7,14-18,20-21H2,2-4H3. The van der Waals surface area contributed by atoms with Crippen molar-refractivity contribution in [2.24, 2.45) is 5.41 Å². The van der Waals surface area contributed by atoms with E-state index >= 15 is 0 Å². The molecular weight excluding hydrogens is 523 g/mol. The number of aromatic nitrogens is 2. The molecule has 0 spiro atoms. The zero-order valence-electron chi connectivity index (χ0n) is 22.1. The Morgan fingerprint density at radius 3 is 2.14 bits per heavy atom. The minimum absolute atomic E-state index is 0.338. The smallest absolute Gasteiger partial charge is 0.0840 e. The van der Waals surface area contributed by atoms with Gasteiger partial charge in [0.25, 0.3) is 0 Å². The molecule has 0 saturated carbocycles. The van der Waals surface area contributed by atoms with Gasteiger partial charge in [0.05, 0.1) is 22.1 Å². The zero-order valence-corrected chi connectivity index (χ0v) is 24.4. The third-order valence-corrected chi connectivity index (χ3v) is 8.74. The van der Waals surface area contributed by atoms with Crippen molar-refractivity contribution in [2.75, 3.05) is 32.7 Å². The van der Waals surface area contributed by atoms with Crippen LogP contribution in [0.1, 0.15) is 44.4 Å². The Labute approximate surface area is 236 Å². The molecule has 2 heterocycles. The molecule has 4 nitrogen and oxygen atoms in total. The Morgan fingerprint density at radius 2 is 1.54 bits per heavy atom. The van der Waals surface area contributed by atoms with Gasteiger partial charge in [0.15, 0.2) is 0 Å². The summed E-state index contributed by atoms with van der Waals surface area (Å²) in [6.07, 6.45) is 5.55. The summed E-state index contributed by atoms with van der Waals surface area (Å²) in [5.74, 6) is 0. The first kappa shape index (κ1) is 28.2. The van der Waals surface area contributed by atoms with E-state index in [1.807, 2.05) is 41.1 Å². The van der Waals surface area contributed by atoms with Crippen LogP contribution in [0.3, 0.4) is 0 Å². The number of benzene rings is 2. The molecule has 1 aromatic heterocycles. The van der Waals surface area contributed by atoms with Crippen LogP contribution in [0, 0.1) is 12.3 Å². The Bertz CT molecular complexity index is 1210. The highest BCUT2D eigenvalue weighted by Crippen LogP contribution is 2.35. The third kappa shape index (κ3) is 6.43. The molecule has 0 amide bonds. The molecule has 0 unspecified atom stereocenters. The minimum Gasteiger partial charge on any atom is -0.300 e. The quantitative estimate of drug-likeness (QED) is 0.233. The van der Waals surface area contributed by atoms with E-state index in [1.54, 1.807) is 6.07 Å². The van der Waals surface area contributed by atoms with Gasteiger partial charge >= 0.3 is 0 Å². The maximum absolute atomic E-state index is 6.63. The van der Waals surface area contributed by atoms with Crippen molar-refractivity contribution < 1.29 is 0 Å². The van der Waals surface area contributed by atoms with Gasteiger partial charge in [-0.25, -0.2) is 4.68 Å². The molecule has 4 rings (SSSR count). The van der Waals surface area contributed by atoms with Crippen molar-refractivity contribution in [1.29, 1.82) is 0 Å². The average Bonchev–Trinajstić information content (AvgIpc) is 3.20. The van der Waals surface area contributed by atoms with E-state index in [9.17, 15) is 0 Å². The topological polar surface area (TPSA) is 24.3 Å². The summed E-state index contributed by atoms with van der Waals surface area (Å²) in [7, 11) is 0. The molecule has 0 N–H and O–H groups in total. The van der Waals surface area contributed by atoms with Crippen LogP contribution in [0.15, 0.2) is 55.1 Å². The highest BCUT2D eigenvalue weighted by atomic mass is 35.5. The number of hydrogen-bond donors (Lipinski definition) is 0. The van der Waals surface area contributed by atoms with E-state index in [-0.39, 0.29) is 0 Å². The predicted octanol–water partition coefficient (Wildman–Crippen LogP) is 8.31. The number of allylic oxidation sites excluding steroid dienone is 1. The van der Waals surface area contributed by atoms with Crippen LogP contribution in [-0.2, 0) is 6.54 Å². The third-order valence-electron chi connectivity index (χ3n) is 7.95. The highest BCUT2D eigenvalue weighted by molar-refractivity contribution is 6.35. The van der Waals surface area contributed by atoms with Crippen LogP contribution in [0.4, 0.5) is 0 Å². The van der Waals surface area contributed by atoms with Crippen LogP contribution in [-0.4, -0.2) is 52.3 Å². The average molecular weight is 560 g/mol. The van der Waals surface area contributed by atoms with Gasteiger partial charge in [-0.2, -0.15) is 5.10 Å². The largest absolute Gasteiger partial charge is 0.300 e. The van der Waals surface area contributed by atoms with Crippen LogP contribution < -0.4 is 0 Å². The van der Waals surface area contributed by atoms with Crippen molar-refractivity contribution in [3.63, 3.8) is 0 Å². The fourth-order valence-electron chi connectivity index (χ4n) is 5.39. The number of hydrogen-bond acceptors (Lipinski definition) is 3. The molecule has 1 fully saturated rings. The van der Waals surface area contributed by atoms with Gasteiger partial charge in [-0.15, -0.1) is 6.58 Å². The van der Waals surface area contributed by atoms with Gasteiger partial charge in [-0.1, -0.05) is 66.9 Å². The lowest BCUT2D eigenvalue weighted by molar-refractivity contribution is 0.0762. The van der Waals surface area contributed by atoms with Crippen molar-refractivity contribution in [2.45, 2.75) is 46.6 Å². The highest BCUT2D eigenvalue weighted by Gasteiger charge is 2.30. The van der Waals surface area contributed by atoms with Gasteiger partial charge in [0.1, 0.15) is 0 Å². The summed E-state index contributed by atoms with van der Waals surface area (Å²) in [5.41, 5.74) is 5.44. The summed E-state index contributed by atoms with van der Waals surface area (Å²) in [6.45, 7) is 16.9. The fraction of sp³-hybridized carbons (Fsp3) is 0.433. The summed E-state index contributed by atoms with van der Waals surface area (Å²) in [4.78, 5) is 5.14. The normalized spacial score (nSPS) is 15.3. The maximum Gasteiger partial charge on any atom is 0.0840 e. The molecule has 1 aliphatic heterocycles. The maximum atomic E-state index is 6.63. The number of rotatable bonds is 10. The molecule has 198 valence electrons. The summed E-state index contributed by atoms with van der Waals surface area (Å²) in [6, 6.07) is 13.4. The van der Waals surface area contributed by atoms with E-state index in [0.717, 1.165) is 73.9 Å². The Hall–Kier alpha value is -1.82. The molecule has 1 saturated heterocycles. The molecule has 0 aliphatic carbocycles. The van der Waals surface area contributed by atoms with Crippen molar-refractivity contribution in [3.05, 3.63) is 81.4 Å². The lowest BCUT2D eigenvalue weighted by Gasteiger charge is -2.41. The van der Waals surface area contributed by atoms with Gasteiger partial charge in [0.2, 0.25) is 0 Å². The van der Waals surface area contributed by atoms with Crippen LogP contribution >= 0.6 is 34.8 Å². The van der Waals surface area contributed by atoms with Crippen LogP contribution in [0.5, 0.6) is 0 Å². The van der Waals surface area contributed by atoms with Crippen LogP contribution in [0.2, 0.25) is 15.1 Å². The second-order valence-corrected chi connectivity index (χ2v) is 11.5. The first-order valence-corrected chi connectivity index (χ1v) is 14.3. The van der Waals surface area contributed by atoms with E-state index in [0.29, 0.717) is 20.5 Å². The molecule has 1 aliphatic rings. The second-order valence-electron chi connectivity index (χ2n) is 10.2. The molecule has 3 aromatic rings. The summed E-state index contributed by atoms with van der Waals surface area (Å²) >= 11 is 19.0. The fourth-order valence-corrected chi connectivity index (χ4v) is 6.00. The SMILES string of the molecule is C=CCC(CC)(CC)CN1CCN(Cc2nn(-c3ccc(Cl)cc3Cl)c(-c3ccc(Cl)cc3)c2C)CC1. The molecule has 37 heavy (non-hydrogen) atoms. The van der Waals surface area contributed by atoms with Crippen LogP contribution in [0.25, 0.3) is 16.9 Å². The molecular formula is C30H37Cl3N4. The van der Waals surface area contributed by atoms with Gasteiger partial charge in [-0.3, -0.25) is 4.90 Å². The van der Waals surface area contributed by atoms with Crippen molar-refractivity contribution in [1.82, 2.24) is 19.6 Å². The van der Waals surface area contributed by atoms with Gasteiger partial charge in [-0.05, 0) is 67.5 Å². The van der Waals surface area contributed by atoms with Crippen molar-refractivity contribution in [3.8, 4) is 16.9 Å². The lowest BCUT2D eigenvalue weighted by Crippen LogP contribution is -2.49. The monoisotopic (exact) mass is 558 g/mol. The molecule has 7 heteroatoms. The Balaban J connectivity index is 1.56. The van der Waals surface area contributed by atoms with E-state index in [1.165, 1.54) is 12.8 Å². The molecule has 0 radical (unpaired) electrons.